The predicted molar refractivity (Wildman–Crippen MR) is 106 cm³/mol. The first kappa shape index (κ1) is 19.7. The van der Waals surface area contributed by atoms with Gasteiger partial charge in [-0.05, 0) is 37.3 Å². The second-order valence-electron chi connectivity index (χ2n) is 7.31. The molecule has 1 saturated heterocycles. The number of alkyl halides is 3. The number of hydrogen-bond donors (Lipinski definition) is 0. The van der Waals surface area contributed by atoms with Crippen LogP contribution >= 0.6 is 11.3 Å². The molecule has 7 nitrogen and oxygen atoms in total. The van der Waals surface area contributed by atoms with Gasteiger partial charge in [0, 0.05) is 12.6 Å². The Hall–Kier alpha value is -3.21. The highest BCUT2D eigenvalue weighted by Crippen LogP contribution is 2.36. The molecule has 4 aromatic heterocycles. The molecule has 0 saturated carbocycles. The van der Waals surface area contributed by atoms with E-state index in [-0.39, 0.29) is 22.9 Å². The van der Waals surface area contributed by atoms with Crippen LogP contribution in [0.5, 0.6) is 0 Å². The average molecular weight is 447 g/mol. The number of amides is 1. The van der Waals surface area contributed by atoms with E-state index >= 15 is 0 Å². The summed E-state index contributed by atoms with van der Waals surface area (Å²) >= 11 is 1.27. The fraction of sp³-hybridized carbons (Fsp3) is 0.300. The number of nitrogens with zero attached hydrogens (tertiary/aromatic N) is 5. The van der Waals surface area contributed by atoms with Gasteiger partial charge in [0.2, 0.25) is 0 Å². The van der Waals surface area contributed by atoms with Gasteiger partial charge in [0.1, 0.15) is 17.0 Å². The van der Waals surface area contributed by atoms with Crippen LogP contribution in [0.1, 0.15) is 46.4 Å². The normalized spacial score (nSPS) is 17.0. The lowest BCUT2D eigenvalue weighted by molar-refractivity contribution is -0.142. The number of rotatable bonds is 3. The second-order valence-corrected chi connectivity index (χ2v) is 8.26. The monoisotopic (exact) mass is 447 g/mol. The van der Waals surface area contributed by atoms with Crippen molar-refractivity contribution in [1.82, 2.24) is 24.7 Å². The molecule has 160 valence electrons. The lowest BCUT2D eigenvalue weighted by atomic mass is 10.1. The standard InChI is InChI=1S/C20H16F3N5O2S/c1-11-8-13(26-30-11)15-4-2-6-27(15)19(29)12-10-24-28-17(20(21,22)23)9-14(25-18(12)28)16-5-3-7-31-16/h3,5,7-10,15H,2,4,6H2,1H3. The van der Waals surface area contributed by atoms with Crippen LogP contribution in [0.4, 0.5) is 13.2 Å². The smallest absolute Gasteiger partial charge is 0.361 e. The Labute approximate surface area is 178 Å². The minimum atomic E-state index is -4.66. The molecular formula is C20H16F3N5O2S. The Balaban J connectivity index is 1.61. The highest BCUT2D eigenvalue weighted by atomic mass is 32.1. The molecule has 1 aliphatic rings. The Bertz CT molecular complexity index is 1260. The number of hydrogen-bond acceptors (Lipinski definition) is 6. The summed E-state index contributed by atoms with van der Waals surface area (Å²) in [5, 5.41) is 9.63. The van der Waals surface area contributed by atoms with Gasteiger partial charge in [-0.2, -0.15) is 18.3 Å². The fourth-order valence-corrected chi connectivity index (χ4v) is 4.57. The number of aromatic nitrogens is 4. The molecular weight excluding hydrogens is 431 g/mol. The van der Waals surface area contributed by atoms with E-state index < -0.39 is 17.8 Å². The minimum Gasteiger partial charge on any atom is -0.361 e. The number of carbonyl (C=O) groups excluding carboxylic acids is 1. The zero-order valence-electron chi connectivity index (χ0n) is 16.3. The summed E-state index contributed by atoms with van der Waals surface area (Å²) in [6, 6.07) is 5.84. The van der Waals surface area contributed by atoms with E-state index in [9.17, 15) is 18.0 Å². The van der Waals surface area contributed by atoms with E-state index in [1.54, 1.807) is 35.4 Å². The van der Waals surface area contributed by atoms with Crippen molar-refractivity contribution >= 4 is 22.9 Å². The van der Waals surface area contributed by atoms with Crippen LogP contribution < -0.4 is 0 Å². The van der Waals surface area contributed by atoms with Crippen molar-refractivity contribution in [2.45, 2.75) is 32.0 Å². The first-order valence-corrected chi connectivity index (χ1v) is 10.4. The third-order valence-electron chi connectivity index (χ3n) is 5.27. The van der Waals surface area contributed by atoms with Crippen molar-refractivity contribution in [2.75, 3.05) is 6.54 Å². The maximum Gasteiger partial charge on any atom is 0.433 e. The number of likely N-dealkylation sites (tertiary alicyclic amines) is 1. The molecule has 0 spiro atoms. The van der Waals surface area contributed by atoms with Crippen molar-refractivity contribution in [2.24, 2.45) is 0 Å². The van der Waals surface area contributed by atoms with Gasteiger partial charge in [-0.25, -0.2) is 9.50 Å². The first-order valence-electron chi connectivity index (χ1n) is 9.57. The maximum absolute atomic E-state index is 13.7. The minimum absolute atomic E-state index is 0.0241. The van der Waals surface area contributed by atoms with Crippen molar-refractivity contribution in [3.8, 4) is 10.6 Å². The van der Waals surface area contributed by atoms with Gasteiger partial charge >= 0.3 is 6.18 Å². The maximum atomic E-state index is 13.7. The molecule has 0 bridgehead atoms. The van der Waals surface area contributed by atoms with Crippen LogP contribution in [0, 0.1) is 6.92 Å². The Morgan fingerprint density at radius 2 is 2.16 bits per heavy atom. The van der Waals surface area contributed by atoms with Gasteiger partial charge in [0.25, 0.3) is 5.91 Å². The summed E-state index contributed by atoms with van der Waals surface area (Å²) in [5.41, 5.74) is -0.302. The molecule has 4 aromatic rings. The molecule has 31 heavy (non-hydrogen) atoms. The zero-order valence-corrected chi connectivity index (χ0v) is 17.1. The van der Waals surface area contributed by atoms with Crippen LogP contribution in [-0.4, -0.2) is 37.1 Å². The average Bonchev–Trinajstić information content (AvgIpc) is 3.51. The molecule has 1 amide bonds. The highest BCUT2D eigenvalue weighted by Gasteiger charge is 2.38. The van der Waals surface area contributed by atoms with Crippen molar-refractivity contribution in [3.05, 3.63) is 58.6 Å². The third-order valence-corrected chi connectivity index (χ3v) is 6.16. The largest absolute Gasteiger partial charge is 0.433 e. The van der Waals surface area contributed by atoms with Crippen molar-refractivity contribution < 1.29 is 22.5 Å². The van der Waals surface area contributed by atoms with E-state index in [2.05, 4.69) is 15.2 Å². The first-order chi connectivity index (χ1) is 14.8. The van der Waals surface area contributed by atoms with Gasteiger partial charge in [-0.3, -0.25) is 4.79 Å². The SMILES string of the molecule is Cc1cc(C2CCCN2C(=O)c2cnn3c(C(F)(F)F)cc(-c4cccs4)nc23)no1. The number of halogens is 3. The topological polar surface area (TPSA) is 76.5 Å². The summed E-state index contributed by atoms with van der Waals surface area (Å²) < 4.78 is 47.0. The van der Waals surface area contributed by atoms with E-state index in [4.69, 9.17) is 4.52 Å². The molecule has 0 aromatic carbocycles. The fourth-order valence-electron chi connectivity index (χ4n) is 3.88. The molecule has 0 aliphatic carbocycles. The summed E-state index contributed by atoms with van der Waals surface area (Å²) in [6.45, 7) is 2.22. The van der Waals surface area contributed by atoms with E-state index in [1.165, 1.54) is 11.3 Å². The quantitative estimate of drug-likeness (QED) is 0.453. The number of aryl methyl sites for hydroxylation is 1. The number of carbonyl (C=O) groups is 1. The number of thiophene rings is 1. The Kier molecular flexibility index (Phi) is 4.58. The molecule has 11 heteroatoms. The van der Waals surface area contributed by atoms with Crippen molar-refractivity contribution in [3.63, 3.8) is 0 Å². The van der Waals surface area contributed by atoms with E-state index in [0.717, 1.165) is 18.7 Å². The predicted octanol–water partition coefficient (Wildman–Crippen LogP) is 4.75. The van der Waals surface area contributed by atoms with E-state index in [1.807, 2.05) is 0 Å². The molecule has 5 rings (SSSR count). The molecule has 1 unspecified atom stereocenters. The molecule has 5 heterocycles. The summed E-state index contributed by atoms with van der Waals surface area (Å²) in [6.07, 6.45) is -2.06. The lowest BCUT2D eigenvalue weighted by Crippen LogP contribution is -2.30. The van der Waals surface area contributed by atoms with E-state index in [0.29, 0.717) is 33.8 Å². The molecule has 0 radical (unpaired) electrons. The molecule has 1 atom stereocenters. The summed E-state index contributed by atoms with van der Waals surface area (Å²) in [5.74, 6) is 0.199. The zero-order chi connectivity index (χ0) is 21.8. The van der Waals surface area contributed by atoms with Gasteiger partial charge in [-0.15, -0.1) is 11.3 Å². The third kappa shape index (κ3) is 3.38. The van der Waals surface area contributed by atoms with Crippen LogP contribution in [0.15, 0.2) is 40.4 Å². The van der Waals surface area contributed by atoms with Gasteiger partial charge in [0.05, 0.1) is 22.8 Å². The summed E-state index contributed by atoms with van der Waals surface area (Å²) in [4.78, 5) is 19.9. The van der Waals surface area contributed by atoms with Crippen LogP contribution in [0.25, 0.3) is 16.2 Å². The molecule has 0 N–H and O–H groups in total. The Morgan fingerprint density at radius 3 is 2.84 bits per heavy atom. The van der Waals surface area contributed by atoms with Crippen molar-refractivity contribution in [1.29, 1.82) is 0 Å². The van der Waals surface area contributed by atoms with Gasteiger partial charge in [0.15, 0.2) is 11.3 Å². The lowest BCUT2D eigenvalue weighted by Gasteiger charge is -2.22. The van der Waals surface area contributed by atoms with Crippen LogP contribution in [-0.2, 0) is 6.18 Å². The highest BCUT2D eigenvalue weighted by molar-refractivity contribution is 7.13. The molecule has 1 fully saturated rings. The number of fused-ring (bicyclic) bond motifs is 1. The van der Waals surface area contributed by atoms with Crippen LogP contribution in [0.3, 0.4) is 0 Å². The second kappa shape index (κ2) is 7.19. The summed E-state index contributed by atoms with van der Waals surface area (Å²) in [7, 11) is 0. The Morgan fingerprint density at radius 1 is 1.32 bits per heavy atom. The molecule has 1 aliphatic heterocycles. The van der Waals surface area contributed by atoms with Crippen LogP contribution in [0.2, 0.25) is 0 Å². The van der Waals surface area contributed by atoms with Gasteiger partial charge in [-0.1, -0.05) is 11.2 Å². The van der Waals surface area contributed by atoms with Gasteiger partial charge < -0.3 is 9.42 Å².